The first kappa shape index (κ1) is 20.0. The van der Waals surface area contributed by atoms with E-state index in [4.69, 9.17) is 11.6 Å². The van der Waals surface area contributed by atoms with Gasteiger partial charge in [0, 0.05) is 29.9 Å². The van der Waals surface area contributed by atoms with Gasteiger partial charge in [0.15, 0.2) is 17.5 Å². The smallest absolute Gasteiger partial charge is 0.345 e. The van der Waals surface area contributed by atoms with Crippen molar-refractivity contribution in [3.63, 3.8) is 0 Å². The summed E-state index contributed by atoms with van der Waals surface area (Å²) in [5, 5.41) is 2.95. The maximum absolute atomic E-state index is 14.7. The Bertz CT molecular complexity index is 1180. The van der Waals surface area contributed by atoms with E-state index in [1.807, 2.05) is 5.32 Å². The number of carbonyl (C=O) groups excluding carboxylic acids is 1. The molecule has 162 valence electrons. The van der Waals surface area contributed by atoms with Crippen LogP contribution >= 0.6 is 11.6 Å². The van der Waals surface area contributed by atoms with Crippen LogP contribution in [0.4, 0.5) is 23.4 Å². The Morgan fingerprint density at radius 2 is 2.13 bits per heavy atom. The van der Waals surface area contributed by atoms with Gasteiger partial charge in [0.2, 0.25) is 5.91 Å². The van der Waals surface area contributed by atoms with Gasteiger partial charge in [-0.2, -0.15) is 13.2 Å². The topological polar surface area (TPSA) is 86.8 Å². The maximum Gasteiger partial charge on any atom is 0.405 e. The minimum absolute atomic E-state index is 0.117. The summed E-state index contributed by atoms with van der Waals surface area (Å²) >= 11 is 6.02. The molecule has 1 saturated carbocycles. The SMILES string of the molecule is O=C(NCC(F)(F)F)[C@@H]1[C@@H]2C[C@@H]2CN1c1nc(-c2c[nH]c3ncc(Cl)cc23)ncc1F. The van der Waals surface area contributed by atoms with Gasteiger partial charge >= 0.3 is 6.18 Å². The highest BCUT2D eigenvalue weighted by Crippen LogP contribution is 2.51. The van der Waals surface area contributed by atoms with Crippen LogP contribution in [0.5, 0.6) is 0 Å². The van der Waals surface area contributed by atoms with E-state index in [1.54, 1.807) is 12.3 Å². The largest absolute Gasteiger partial charge is 0.405 e. The number of piperidine rings is 1. The van der Waals surface area contributed by atoms with Crippen molar-refractivity contribution in [2.24, 2.45) is 11.8 Å². The van der Waals surface area contributed by atoms with E-state index in [1.165, 1.54) is 11.1 Å². The molecule has 2 N–H and O–H groups in total. The molecule has 0 bridgehead atoms. The number of amides is 1. The van der Waals surface area contributed by atoms with Crippen LogP contribution in [-0.2, 0) is 4.79 Å². The van der Waals surface area contributed by atoms with Gasteiger partial charge in [0.05, 0.1) is 11.2 Å². The zero-order chi connectivity index (χ0) is 21.9. The van der Waals surface area contributed by atoms with Crippen LogP contribution in [0, 0.1) is 17.7 Å². The lowest BCUT2D eigenvalue weighted by Gasteiger charge is -2.28. The van der Waals surface area contributed by atoms with Gasteiger partial charge in [-0.15, -0.1) is 0 Å². The molecule has 31 heavy (non-hydrogen) atoms. The highest BCUT2D eigenvalue weighted by Gasteiger charge is 2.56. The van der Waals surface area contributed by atoms with Gasteiger partial charge in [-0.25, -0.2) is 19.3 Å². The Labute approximate surface area is 177 Å². The third kappa shape index (κ3) is 3.67. The number of fused-ring (bicyclic) bond motifs is 2. The van der Waals surface area contributed by atoms with Crippen molar-refractivity contribution >= 4 is 34.4 Å². The van der Waals surface area contributed by atoms with Crippen LogP contribution in [0.3, 0.4) is 0 Å². The van der Waals surface area contributed by atoms with E-state index in [0.717, 1.165) is 6.20 Å². The van der Waals surface area contributed by atoms with Crippen LogP contribution in [0.15, 0.2) is 24.7 Å². The zero-order valence-corrected chi connectivity index (χ0v) is 16.5. The first-order valence-corrected chi connectivity index (χ1v) is 9.86. The number of rotatable bonds is 4. The monoisotopic (exact) mass is 454 g/mol. The van der Waals surface area contributed by atoms with E-state index in [-0.39, 0.29) is 23.5 Å². The van der Waals surface area contributed by atoms with Gasteiger partial charge in [-0.05, 0) is 24.3 Å². The second-order valence-corrected chi connectivity index (χ2v) is 8.14. The molecule has 1 amide bonds. The summed E-state index contributed by atoms with van der Waals surface area (Å²) in [7, 11) is 0. The number of H-pyrrole nitrogens is 1. The molecule has 4 heterocycles. The Hall–Kier alpha value is -2.95. The van der Waals surface area contributed by atoms with E-state index in [0.29, 0.717) is 34.6 Å². The van der Waals surface area contributed by atoms with E-state index in [2.05, 4.69) is 19.9 Å². The van der Waals surface area contributed by atoms with E-state index in [9.17, 15) is 22.4 Å². The molecule has 3 aromatic rings. The number of nitrogens with zero attached hydrogens (tertiary/aromatic N) is 4. The second-order valence-electron chi connectivity index (χ2n) is 7.71. The van der Waals surface area contributed by atoms with E-state index < -0.39 is 30.5 Å². The number of anilines is 1. The van der Waals surface area contributed by atoms with Crippen molar-refractivity contribution < 1.29 is 22.4 Å². The van der Waals surface area contributed by atoms with Gasteiger partial charge in [0.25, 0.3) is 0 Å². The van der Waals surface area contributed by atoms with Gasteiger partial charge in [-0.1, -0.05) is 11.6 Å². The number of aromatic nitrogens is 4. The standard InChI is InChI=1S/C19H15ClF4N6O/c20-9-2-11-12(4-26-15(11)25-3-9)16-27-5-13(21)17(29-16)30-6-8-1-10(8)14(30)18(31)28-7-19(22,23)24/h2-5,8,10,14H,1,6-7H2,(H,25,26)(H,28,31)/t8-,10-,14+/m1/s1. The lowest BCUT2D eigenvalue weighted by Crippen LogP contribution is -2.48. The van der Waals surface area contributed by atoms with Gasteiger partial charge in [0.1, 0.15) is 18.2 Å². The molecule has 3 aromatic heterocycles. The minimum atomic E-state index is -4.53. The highest BCUT2D eigenvalue weighted by atomic mass is 35.5. The fourth-order valence-electron chi connectivity index (χ4n) is 4.16. The molecule has 0 unspecified atom stereocenters. The maximum atomic E-state index is 14.7. The molecule has 0 radical (unpaired) electrons. The van der Waals surface area contributed by atoms with Crippen LogP contribution in [0.2, 0.25) is 5.02 Å². The average molecular weight is 455 g/mol. The third-order valence-electron chi connectivity index (χ3n) is 5.62. The van der Waals surface area contributed by atoms with Gasteiger partial charge in [-0.3, -0.25) is 4.79 Å². The second kappa shape index (κ2) is 7.04. The number of halogens is 5. The number of alkyl halides is 3. The molecule has 0 aromatic carbocycles. The number of nitrogens with one attached hydrogen (secondary N) is 2. The molecule has 1 aliphatic heterocycles. The van der Waals surface area contributed by atoms with Crippen molar-refractivity contribution in [2.45, 2.75) is 18.6 Å². The Morgan fingerprint density at radius 3 is 2.90 bits per heavy atom. The zero-order valence-electron chi connectivity index (χ0n) is 15.7. The molecule has 7 nitrogen and oxygen atoms in total. The molecule has 12 heteroatoms. The summed E-state index contributed by atoms with van der Waals surface area (Å²) in [5.41, 5.74) is 1.08. The van der Waals surface area contributed by atoms with Crippen molar-refractivity contribution in [2.75, 3.05) is 18.0 Å². The first-order valence-electron chi connectivity index (χ1n) is 9.48. The number of hydrogen-bond acceptors (Lipinski definition) is 5. The molecule has 2 aliphatic rings. The summed E-state index contributed by atoms with van der Waals surface area (Å²) in [6.07, 6.45) is 0.262. The minimum Gasteiger partial charge on any atom is -0.345 e. The predicted octanol–water partition coefficient (Wildman–Crippen LogP) is 3.32. The Kier molecular flexibility index (Phi) is 4.54. The van der Waals surface area contributed by atoms with Crippen molar-refractivity contribution in [1.29, 1.82) is 0 Å². The lowest BCUT2D eigenvalue weighted by molar-refractivity contribution is -0.139. The average Bonchev–Trinajstić information content (AvgIpc) is 3.18. The van der Waals surface area contributed by atoms with Crippen LogP contribution in [-0.4, -0.2) is 51.2 Å². The van der Waals surface area contributed by atoms with Crippen LogP contribution < -0.4 is 10.2 Å². The molecule has 5 rings (SSSR count). The van der Waals surface area contributed by atoms with Gasteiger partial charge < -0.3 is 15.2 Å². The Morgan fingerprint density at radius 1 is 1.32 bits per heavy atom. The molecule has 1 aliphatic carbocycles. The summed E-state index contributed by atoms with van der Waals surface area (Å²) in [6, 6.07) is 0.754. The number of hydrogen-bond donors (Lipinski definition) is 2. The Balaban J connectivity index is 1.48. The molecular formula is C19H15ClF4N6O. The normalized spacial score (nSPS) is 22.6. The summed E-state index contributed by atoms with van der Waals surface area (Å²) in [6.45, 7) is -1.10. The van der Waals surface area contributed by atoms with Crippen LogP contribution in [0.1, 0.15) is 6.42 Å². The summed E-state index contributed by atoms with van der Waals surface area (Å²) < 4.78 is 52.3. The van der Waals surface area contributed by atoms with Crippen molar-refractivity contribution in [3.05, 3.63) is 35.5 Å². The number of carbonyl (C=O) groups is 1. The van der Waals surface area contributed by atoms with Crippen molar-refractivity contribution in [1.82, 2.24) is 25.3 Å². The molecule has 0 spiro atoms. The van der Waals surface area contributed by atoms with Crippen molar-refractivity contribution in [3.8, 4) is 11.4 Å². The molecule has 2 fully saturated rings. The predicted molar refractivity (Wildman–Crippen MR) is 104 cm³/mol. The summed E-state index contributed by atoms with van der Waals surface area (Å²) in [5.74, 6) is -1.48. The van der Waals surface area contributed by atoms with Crippen LogP contribution in [0.25, 0.3) is 22.4 Å². The third-order valence-corrected chi connectivity index (χ3v) is 5.82. The lowest BCUT2D eigenvalue weighted by atomic mass is 10.1. The number of aromatic amines is 1. The highest BCUT2D eigenvalue weighted by molar-refractivity contribution is 6.31. The molecule has 3 atom stereocenters. The fraction of sp³-hybridized carbons (Fsp3) is 0.368. The van der Waals surface area contributed by atoms with E-state index >= 15 is 0 Å². The summed E-state index contributed by atoms with van der Waals surface area (Å²) in [4.78, 5) is 29.4. The number of pyridine rings is 1. The fourth-order valence-corrected chi connectivity index (χ4v) is 4.32. The first-order chi connectivity index (χ1) is 14.7. The molecular weight excluding hydrogens is 440 g/mol. The molecule has 1 saturated heterocycles. The quantitative estimate of drug-likeness (QED) is 0.591.